The number of carbonyl (C=O) groups excluding carboxylic acids is 1. The van der Waals surface area contributed by atoms with Crippen molar-refractivity contribution in [3.8, 4) is 5.75 Å². The van der Waals surface area contributed by atoms with Crippen LogP contribution in [-0.4, -0.2) is 13.0 Å². The van der Waals surface area contributed by atoms with Crippen LogP contribution in [0.3, 0.4) is 0 Å². The van der Waals surface area contributed by atoms with Crippen molar-refractivity contribution in [1.29, 1.82) is 0 Å². The SMILES string of the molecule is COc1[c]ccc(NC(=O)C(C)(C)C)c1. The molecule has 0 atom stereocenters. The molecule has 1 rings (SSSR count). The number of ether oxygens (including phenoxy) is 1. The molecule has 0 heterocycles. The van der Waals surface area contributed by atoms with E-state index in [4.69, 9.17) is 4.74 Å². The van der Waals surface area contributed by atoms with Crippen LogP contribution in [0.2, 0.25) is 0 Å². The zero-order valence-corrected chi connectivity index (χ0v) is 9.55. The Morgan fingerprint density at radius 3 is 2.67 bits per heavy atom. The van der Waals surface area contributed by atoms with Crippen molar-refractivity contribution in [2.24, 2.45) is 5.41 Å². The molecule has 0 aliphatic carbocycles. The Morgan fingerprint density at radius 2 is 2.13 bits per heavy atom. The Labute approximate surface area is 90.4 Å². The number of hydrogen-bond donors (Lipinski definition) is 1. The van der Waals surface area contributed by atoms with Gasteiger partial charge in [-0.3, -0.25) is 4.79 Å². The number of amides is 1. The fraction of sp³-hybridized carbons (Fsp3) is 0.417. The molecule has 0 saturated heterocycles. The Bertz CT molecular complexity index is 353. The standard InChI is InChI=1S/C12H16NO2/c1-12(2,3)11(14)13-9-6-5-7-10(8-9)15-4/h5-6,8H,1-4H3,(H,13,14). The Kier molecular flexibility index (Phi) is 3.35. The van der Waals surface area contributed by atoms with Crippen LogP contribution in [0.25, 0.3) is 0 Å². The van der Waals surface area contributed by atoms with Crippen LogP contribution in [0.15, 0.2) is 18.2 Å². The number of hydrogen-bond acceptors (Lipinski definition) is 2. The summed E-state index contributed by atoms with van der Waals surface area (Å²) in [6.45, 7) is 5.61. The number of rotatable bonds is 2. The van der Waals surface area contributed by atoms with Gasteiger partial charge in [-0.15, -0.1) is 0 Å². The minimum Gasteiger partial charge on any atom is -0.496 e. The third-order valence-corrected chi connectivity index (χ3v) is 1.93. The predicted molar refractivity (Wildman–Crippen MR) is 59.9 cm³/mol. The first-order valence-corrected chi connectivity index (χ1v) is 4.80. The number of anilines is 1. The van der Waals surface area contributed by atoms with E-state index in [1.807, 2.05) is 20.8 Å². The summed E-state index contributed by atoms with van der Waals surface area (Å²) in [5.74, 6) is 0.595. The fourth-order valence-corrected chi connectivity index (χ4v) is 0.959. The highest BCUT2D eigenvalue weighted by Gasteiger charge is 2.21. The topological polar surface area (TPSA) is 38.3 Å². The maximum Gasteiger partial charge on any atom is 0.229 e. The second kappa shape index (κ2) is 4.34. The number of carbonyl (C=O) groups is 1. The highest BCUT2D eigenvalue weighted by Crippen LogP contribution is 2.20. The molecule has 1 radical (unpaired) electrons. The Hall–Kier alpha value is -1.51. The first-order chi connectivity index (χ1) is 6.93. The molecule has 1 N–H and O–H groups in total. The summed E-state index contributed by atoms with van der Waals surface area (Å²) in [7, 11) is 1.57. The molecule has 15 heavy (non-hydrogen) atoms. The highest BCUT2D eigenvalue weighted by atomic mass is 16.5. The second-order valence-corrected chi connectivity index (χ2v) is 4.35. The molecular formula is C12H16NO2. The van der Waals surface area contributed by atoms with E-state index in [9.17, 15) is 4.79 Å². The quantitative estimate of drug-likeness (QED) is 0.807. The molecule has 0 spiro atoms. The molecule has 3 heteroatoms. The van der Waals surface area contributed by atoms with Gasteiger partial charge in [0.25, 0.3) is 0 Å². The van der Waals surface area contributed by atoms with Gasteiger partial charge in [0.2, 0.25) is 5.91 Å². The fourth-order valence-electron chi connectivity index (χ4n) is 0.959. The van der Waals surface area contributed by atoms with E-state index in [1.165, 1.54) is 0 Å². The lowest BCUT2D eigenvalue weighted by molar-refractivity contribution is -0.123. The number of benzene rings is 1. The van der Waals surface area contributed by atoms with E-state index in [0.717, 1.165) is 5.69 Å². The van der Waals surface area contributed by atoms with E-state index < -0.39 is 5.41 Å². The normalized spacial score (nSPS) is 10.9. The van der Waals surface area contributed by atoms with Crippen LogP contribution in [-0.2, 0) is 4.79 Å². The smallest absolute Gasteiger partial charge is 0.229 e. The Morgan fingerprint density at radius 1 is 1.47 bits per heavy atom. The van der Waals surface area contributed by atoms with Crippen molar-refractivity contribution < 1.29 is 9.53 Å². The summed E-state index contributed by atoms with van der Waals surface area (Å²) < 4.78 is 5.02. The number of nitrogens with one attached hydrogen (secondary N) is 1. The minimum absolute atomic E-state index is 0.0178. The van der Waals surface area contributed by atoms with Crippen LogP contribution >= 0.6 is 0 Å². The van der Waals surface area contributed by atoms with Gasteiger partial charge in [0, 0.05) is 23.2 Å². The molecule has 0 bridgehead atoms. The average Bonchev–Trinajstić information content (AvgIpc) is 2.16. The van der Waals surface area contributed by atoms with E-state index in [1.54, 1.807) is 25.3 Å². The zero-order valence-electron chi connectivity index (χ0n) is 9.55. The lowest BCUT2D eigenvalue weighted by Gasteiger charge is -2.17. The summed E-state index contributed by atoms with van der Waals surface area (Å²) in [6, 6.07) is 8.14. The maximum absolute atomic E-state index is 11.7. The largest absolute Gasteiger partial charge is 0.496 e. The van der Waals surface area contributed by atoms with E-state index in [2.05, 4.69) is 11.4 Å². The average molecular weight is 206 g/mol. The first-order valence-electron chi connectivity index (χ1n) is 4.80. The van der Waals surface area contributed by atoms with Gasteiger partial charge in [0.15, 0.2) is 0 Å². The van der Waals surface area contributed by atoms with Crippen LogP contribution < -0.4 is 10.1 Å². The summed E-state index contributed by atoms with van der Waals surface area (Å²) in [6.07, 6.45) is 0. The summed E-state index contributed by atoms with van der Waals surface area (Å²) in [4.78, 5) is 11.7. The monoisotopic (exact) mass is 206 g/mol. The molecule has 0 aromatic heterocycles. The molecular weight excluding hydrogens is 190 g/mol. The molecule has 1 aromatic carbocycles. The van der Waals surface area contributed by atoms with Crippen LogP contribution in [0.4, 0.5) is 5.69 Å². The molecule has 3 nitrogen and oxygen atoms in total. The van der Waals surface area contributed by atoms with Crippen molar-refractivity contribution in [1.82, 2.24) is 0 Å². The molecule has 0 saturated carbocycles. The third-order valence-electron chi connectivity index (χ3n) is 1.93. The lowest BCUT2D eigenvalue weighted by Crippen LogP contribution is -2.27. The van der Waals surface area contributed by atoms with Crippen molar-refractivity contribution >= 4 is 11.6 Å². The molecule has 0 aliphatic heterocycles. The molecule has 0 unspecified atom stereocenters. The molecule has 81 valence electrons. The van der Waals surface area contributed by atoms with Gasteiger partial charge in [0.05, 0.1) is 7.11 Å². The predicted octanol–water partition coefficient (Wildman–Crippen LogP) is 2.48. The van der Waals surface area contributed by atoms with Crippen molar-refractivity contribution in [3.05, 3.63) is 24.3 Å². The van der Waals surface area contributed by atoms with Gasteiger partial charge in [-0.2, -0.15) is 0 Å². The van der Waals surface area contributed by atoms with Crippen molar-refractivity contribution in [2.45, 2.75) is 20.8 Å². The Balaban J connectivity index is 2.77. The van der Waals surface area contributed by atoms with Gasteiger partial charge in [0.1, 0.15) is 5.75 Å². The van der Waals surface area contributed by atoms with Crippen LogP contribution in [0.1, 0.15) is 20.8 Å². The minimum atomic E-state index is -0.396. The highest BCUT2D eigenvalue weighted by molar-refractivity contribution is 5.94. The van der Waals surface area contributed by atoms with E-state index in [-0.39, 0.29) is 5.91 Å². The second-order valence-electron chi connectivity index (χ2n) is 4.35. The van der Waals surface area contributed by atoms with Gasteiger partial charge in [-0.05, 0) is 12.1 Å². The van der Waals surface area contributed by atoms with Crippen LogP contribution in [0.5, 0.6) is 5.75 Å². The molecule has 1 aromatic rings. The maximum atomic E-state index is 11.7. The number of methoxy groups -OCH3 is 1. The van der Waals surface area contributed by atoms with Gasteiger partial charge in [-0.25, -0.2) is 0 Å². The first kappa shape index (κ1) is 11.6. The van der Waals surface area contributed by atoms with Crippen molar-refractivity contribution in [3.63, 3.8) is 0 Å². The van der Waals surface area contributed by atoms with E-state index >= 15 is 0 Å². The van der Waals surface area contributed by atoms with E-state index in [0.29, 0.717) is 5.75 Å². The lowest BCUT2D eigenvalue weighted by atomic mass is 9.95. The molecule has 0 fully saturated rings. The third kappa shape index (κ3) is 3.27. The summed E-state index contributed by atoms with van der Waals surface area (Å²) >= 11 is 0. The summed E-state index contributed by atoms with van der Waals surface area (Å²) in [5, 5.41) is 2.82. The van der Waals surface area contributed by atoms with Crippen molar-refractivity contribution in [2.75, 3.05) is 12.4 Å². The van der Waals surface area contributed by atoms with Gasteiger partial charge < -0.3 is 10.1 Å². The summed E-state index contributed by atoms with van der Waals surface area (Å²) in [5.41, 5.74) is 0.331. The zero-order chi connectivity index (χ0) is 11.5. The van der Waals surface area contributed by atoms with Gasteiger partial charge >= 0.3 is 0 Å². The molecule has 0 aliphatic rings. The van der Waals surface area contributed by atoms with Crippen LogP contribution in [0, 0.1) is 11.5 Å². The van der Waals surface area contributed by atoms with Gasteiger partial charge in [-0.1, -0.05) is 20.8 Å². The molecule has 1 amide bonds.